The SMILES string of the molecule is Cc1cc(Br)ccc1NC(=O)CCCCC(=O)O. The van der Waals surface area contributed by atoms with Crippen molar-refractivity contribution in [3.8, 4) is 0 Å². The number of carbonyl (C=O) groups is 2. The van der Waals surface area contributed by atoms with Gasteiger partial charge in [-0.3, -0.25) is 9.59 Å². The Morgan fingerprint density at radius 1 is 1.28 bits per heavy atom. The Bertz CT molecular complexity index is 446. The maximum atomic E-state index is 11.6. The monoisotopic (exact) mass is 313 g/mol. The van der Waals surface area contributed by atoms with Crippen molar-refractivity contribution < 1.29 is 14.7 Å². The smallest absolute Gasteiger partial charge is 0.303 e. The summed E-state index contributed by atoms with van der Waals surface area (Å²) in [4.78, 5) is 21.9. The van der Waals surface area contributed by atoms with E-state index in [1.54, 1.807) is 0 Å². The largest absolute Gasteiger partial charge is 0.481 e. The maximum absolute atomic E-state index is 11.6. The molecule has 0 aromatic heterocycles. The predicted octanol–water partition coefficient (Wildman–Crippen LogP) is 3.34. The number of carboxylic acid groups (broad SMARTS) is 1. The number of anilines is 1. The van der Waals surface area contributed by atoms with Gasteiger partial charge in [-0.1, -0.05) is 15.9 Å². The van der Waals surface area contributed by atoms with E-state index in [0.29, 0.717) is 19.3 Å². The zero-order chi connectivity index (χ0) is 13.5. The minimum Gasteiger partial charge on any atom is -0.481 e. The standard InChI is InChI=1S/C13H16BrNO3/c1-9-8-10(14)6-7-11(9)15-12(16)4-2-3-5-13(17)18/h6-8H,2-5H2,1H3,(H,15,16)(H,17,18). The lowest BCUT2D eigenvalue weighted by Gasteiger charge is -2.08. The molecule has 0 radical (unpaired) electrons. The van der Waals surface area contributed by atoms with Crippen LogP contribution >= 0.6 is 15.9 Å². The van der Waals surface area contributed by atoms with E-state index in [2.05, 4.69) is 21.2 Å². The number of halogens is 1. The van der Waals surface area contributed by atoms with E-state index in [4.69, 9.17) is 5.11 Å². The minimum atomic E-state index is -0.820. The van der Waals surface area contributed by atoms with Gasteiger partial charge in [-0.05, 0) is 43.5 Å². The molecule has 1 amide bonds. The number of hydrogen-bond donors (Lipinski definition) is 2. The topological polar surface area (TPSA) is 66.4 Å². The highest BCUT2D eigenvalue weighted by molar-refractivity contribution is 9.10. The summed E-state index contributed by atoms with van der Waals surface area (Å²) in [5.74, 6) is -0.898. The van der Waals surface area contributed by atoms with Crippen molar-refractivity contribution in [3.63, 3.8) is 0 Å². The van der Waals surface area contributed by atoms with Crippen molar-refractivity contribution in [1.29, 1.82) is 0 Å². The van der Waals surface area contributed by atoms with Crippen LogP contribution in [0.3, 0.4) is 0 Å². The highest BCUT2D eigenvalue weighted by Gasteiger charge is 2.05. The van der Waals surface area contributed by atoms with Crippen molar-refractivity contribution in [2.24, 2.45) is 0 Å². The molecule has 1 aromatic rings. The molecule has 1 aromatic carbocycles. The number of hydrogen-bond acceptors (Lipinski definition) is 2. The normalized spacial score (nSPS) is 10.1. The Morgan fingerprint density at radius 3 is 2.56 bits per heavy atom. The maximum Gasteiger partial charge on any atom is 0.303 e. The molecule has 0 saturated heterocycles. The molecule has 2 N–H and O–H groups in total. The van der Waals surface area contributed by atoms with E-state index in [1.165, 1.54) is 0 Å². The van der Waals surface area contributed by atoms with E-state index in [9.17, 15) is 9.59 Å². The number of benzene rings is 1. The van der Waals surface area contributed by atoms with Crippen molar-refractivity contribution in [1.82, 2.24) is 0 Å². The van der Waals surface area contributed by atoms with Gasteiger partial charge < -0.3 is 10.4 Å². The lowest BCUT2D eigenvalue weighted by Crippen LogP contribution is -2.12. The van der Waals surface area contributed by atoms with Crippen LogP contribution in [0.5, 0.6) is 0 Å². The van der Waals surface area contributed by atoms with Crippen molar-refractivity contribution in [2.75, 3.05) is 5.32 Å². The highest BCUT2D eigenvalue weighted by Crippen LogP contribution is 2.20. The van der Waals surface area contributed by atoms with Crippen LogP contribution in [0.2, 0.25) is 0 Å². The zero-order valence-corrected chi connectivity index (χ0v) is 11.8. The van der Waals surface area contributed by atoms with Gasteiger partial charge in [0.25, 0.3) is 0 Å². The van der Waals surface area contributed by atoms with Crippen LogP contribution in [0.1, 0.15) is 31.2 Å². The van der Waals surface area contributed by atoms with Gasteiger partial charge in [0.2, 0.25) is 5.91 Å². The van der Waals surface area contributed by atoms with Crippen LogP contribution in [0, 0.1) is 6.92 Å². The molecule has 0 fully saturated rings. The summed E-state index contributed by atoms with van der Waals surface area (Å²) in [6, 6.07) is 5.64. The quantitative estimate of drug-likeness (QED) is 0.791. The number of unbranched alkanes of at least 4 members (excludes halogenated alkanes) is 1. The van der Waals surface area contributed by atoms with Crippen molar-refractivity contribution >= 4 is 33.5 Å². The van der Waals surface area contributed by atoms with Gasteiger partial charge >= 0.3 is 5.97 Å². The molecule has 0 atom stereocenters. The number of aliphatic carboxylic acids is 1. The first-order chi connectivity index (χ1) is 8.49. The second-order valence-electron chi connectivity index (χ2n) is 4.11. The van der Waals surface area contributed by atoms with Gasteiger partial charge in [0.15, 0.2) is 0 Å². The molecular weight excluding hydrogens is 298 g/mol. The molecule has 5 heteroatoms. The van der Waals surface area contributed by atoms with Crippen LogP contribution in [-0.2, 0) is 9.59 Å². The third-order valence-corrected chi connectivity index (χ3v) is 3.00. The molecule has 0 aliphatic carbocycles. The van der Waals surface area contributed by atoms with Crippen molar-refractivity contribution in [3.05, 3.63) is 28.2 Å². The van der Waals surface area contributed by atoms with E-state index >= 15 is 0 Å². The number of nitrogens with one attached hydrogen (secondary N) is 1. The summed E-state index contributed by atoms with van der Waals surface area (Å²) < 4.78 is 0.972. The van der Waals surface area contributed by atoms with E-state index in [1.807, 2.05) is 25.1 Å². The fraction of sp³-hybridized carbons (Fsp3) is 0.385. The molecule has 0 aliphatic rings. The minimum absolute atomic E-state index is 0.0780. The number of amides is 1. The summed E-state index contributed by atoms with van der Waals surface area (Å²) >= 11 is 3.36. The molecule has 0 unspecified atom stereocenters. The van der Waals surface area contributed by atoms with E-state index in [-0.39, 0.29) is 12.3 Å². The molecule has 0 spiro atoms. The lowest BCUT2D eigenvalue weighted by atomic mass is 10.1. The van der Waals surface area contributed by atoms with Crippen LogP contribution in [0.15, 0.2) is 22.7 Å². The first kappa shape index (κ1) is 14.7. The Labute approximate surface area is 115 Å². The molecule has 0 saturated carbocycles. The fourth-order valence-corrected chi connectivity index (χ4v) is 2.02. The molecule has 1 rings (SSSR count). The fourth-order valence-electron chi connectivity index (χ4n) is 1.54. The van der Waals surface area contributed by atoms with Crippen LogP contribution in [0.4, 0.5) is 5.69 Å². The molecular formula is C13H16BrNO3. The molecule has 4 nitrogen and oxygen atoms in total. The summed E-state index contributed by atoms with van der Waals surface area (Å²) in [6.45, 7) is 1.92. The Morgan fingerprint density at radius 2 is 1.94 bits per heavy atom. The first-order valence-corrected chi connectivity index (χ1v) is 6.56. The van der Waals surface area contributed by atoms with Gasteiger partial charge in [-0.2, -0.15) is 0 Å². The summed E-state index contributed by atoms with van der Waals surface area (Å²) in [5.41, 5.74) is 1.78. The molecule has 0 bridgehead atoms. The number of aryl methyl sites for hydroxylation is 1. The summed E-state index contributed by atoms with van der Waals surface area (Å²) in [7, 11) is 0. The highest BCUT2D eigenvalue weighted by atomic mass is 79.9. The average Bonchev–Trinajstić information content (AvgIpc) is 2.28. The summed E-state index contributed by atoms with van der Waals surface area (Å²) in [6.07, 6.45) is 1.59. The van der Waals surface area contributed by atoms with Gasteiger partial charge in [0.05, 0.1) is 0 Å². The first-order valence-electron chi connectivity index (χ1n) is 5.77. The van der Waals surface area contributed by atoms with Gasteiger partial charge in [-0.25, -0.2) is 0 Å². The molecule has 98 valence electrons. The van der Waals surface area contributed by atoms with Crippen molar-refractivity contribution in [2.45, 2.75) is 32.6 Å². The third-order valence-electron chi connectivity index (χ3n) is 2.51. The Balaban J connectivity index is 2.38. The molecule has 0 heterocycles. The average molecular weight is 314 g/mol. The third kappa shape index (κ3) is 5.31. The van der Waals surface area contributed by atoms with Crippen LogP contribution in [-0.4, -0.2) is 17.0 Å². The Kier molecular flexibility index (Phi) is 5.85. The number of carboxylic acids is 1. The second kappa shape index (κ2) is 7.16. The van der Waals surface area contributed by atoms with Gasteiger partial charge in [0, 0.05) is 23.0 Å². The lowest BCUT2D eigenvalue weighted by molar-refractivity contribution is -0.137. The molecule has 0 aliphatic heterocycles. The number of rotatable bonds is 6. The van der Waals surface area contributed by atoms with E-state index < -0.39 is 5.97 Å². The van der Waals surface area contributed by atoms with E-state index in [0.717, 1.165) is 15.7 Å². The second-order valence-corrected chi connectivity index (χ2v) is 5.02. The van der Waals surface area contributed by atoms with Crippen LogP contribution in [0.25, 0.3) is 0 Å². The Hall–Kier alpha value is -1.36. The zero-order valence-electron chi connectivity index (χ0n) is 10.2. The van der Waals surface area contributed by atoms with Crippen LogP contribution < -0.4 is 5.32 Å². The summed E-state index contributed by atoms with van der Waals surface area (Å²) in [5, 5.41) is 11.3. The van der Waals surface area contributed by atoms with Gasteiger partial charge in [0.1, 0.15) is 0 Å². The number of carbonyl (C=O) groups excluding carboxylic acids is 1. The predicted molar refractivity (Wildman–Crippen MR) is 73.6 cm³/mol. The van der Waals surface area contributed by atoms with Gasteiger partial charge in [-0.15, -0.1) is 0 Å². The molecule has 18 heavy (non-hydrogen) atoms.